The van der Waals surface area contributed by atoms with Gasteiger partial charge in [0.15, 0.2) is 0 Å². The van der Waals surface area contributed by atoms with Crippen LogP contribution in [0.2, 0.25) is 5.02 Å². The van der Waals surface area contributed by atoms with E-state index in [4.69, 9.17) is 16.3 Å². The van der Waals surface area contributed by atoms with Crippen molar-refractivity contribution in [2.24, 2.45) is 0 Å². The second-order valence-corrected chi connectivity index (χ2v) is 7.58. The van der Waals surface area contributed by atoms with Crippen molar-refractivity contribution >= 4 is 21.6 Å². The smallest absolute Gasteiger partial charge is 0.240 e. The van der Waals surface area contributed by atoms with Crippen molar-refractivity contribution in [1.82, 2.24) is 4.72 Å². The minimum atomic E-state index is -3.90. The molecule has 8 heteroatoms. The normalized spacial score (nSPS) is 15.0. The Balaban J connectivity index is 1.71. The van der Waals surface area contributed by atoms with E-state index in [1.54, 1.807) is 18.2 Å². The third-order valence-electron chi connectivity index (χ3n) is 3.77. The summed E-state index contributed by atoms with van der Waals surface area (Å²) in [6, 6.07) is 8.37. The standard InChI is InChI=1S/C16H15ClFNO4S/c17-13-8-12(2-3-14(13)18)24(21,22)19-9-15(20)10-1-4-16-11(7-10)5-6-23-16/h1-4,7-8,15,19-20H,5-6,9H2/t15-/m0/s1. The Labute approximate surface area is 144 Å². The van der Waals surface area contributed by atoms with Crippen LogP contribution in [0.1, 0.15) is 17.2 Å². The van der Waals surface area contributed by atoms with E-state index in [1.807, 2.05) is 0 Å². The van der Waals surface area contributed by atoms with Gasteiger partial charge in [0.25, 0.3) is 0 Å². The van der Waals surface area contributed by atoms with Gasteiger partial charge >= 0.3 is 0 Å². The molecule has 0 aliphatic carbocycles. The summed E-state index contributed by atoms with van der Waals surface area (Å²) < 4.78 is 45.2. The van der Waals surface area contributed by atoms with Crippen molar-refractivity contribution < 1.29 is 22.7 Å². The minimum Gasteiger partial charge on any atom is -0.493 e. The lowest BCUT2D eigenvalue weighted by Crippen LogP contribution is -2.28. The molecule has 2 N–H and O–H groups in total. The van der Waals surface area contributed by atoms with Crippen molar-refractivity contribution in [2.45, 2.75) is 17.4 Å². The summed E-state index contributed by atoms with van der Waals surface area (Å²) >= 11 is 5.60. The van der Waals surface area contributed by atoms with Crippen LogP contribution in [0.25, 0.3) is 0 Å². The molecule has 0 amide bonds. The number of nitrogens with one attached hydrogen (secondary N) is 1. The lowest BCUT2D eigenvalue weighted by atomic mass is 10.0. The second-order valence-electron chi connectivity index (χ2n) is 5.41. The Morgan fingerprint density at radius 3 is 2.83 bits per heavy atom. The van der Waals surface area contributed by atoms with Crippen molar-refractivity contribution in [3.8, 4) is 5.75 Å². The van der Waals surface area contributed by atoms with Crippen molar-refractivity contribution in [3.63, 3.8) is 0 Å². The largest absolute Gasteiger partial charge is 0.493 e. The van der Waals surface area contributed by atoms with E-state index in [0.29, 0.717) is 12.2 Å². The SMILES string of the molecule is O=S(=O)(NC[C@H](O)c1ccc2c(c1)CCO2)c1ccc(F)c(Cl)c1. The molecule has 3 rings (SSSR count). The van der Waals surface area contributed by atoms with Crippen molar-refractivity contribution in [1.29, 1.82) is 0 Å². The maximum absolute atomic E-state index is 13.1. The molecule has 2 aromatic carbocycles. The first-order valence-electron chi connectivity index (χ1n) is 7.25. The number of halogens is 2. The van der Waals surface area contributed by atoms with Gasteiger partial charge in [-0.3, -0.25) is 0 Å². The van der Waals surface area contributed by atoms with Crippen LogP contribution in [-0.2, 0) is 16.4 Å². The fourth-order valence-electron chi connectivity index (χ4n) is 2.45. The lowest BCUT2D eigenvalue weighted by molar-refractivity contribution is 0.182. The van der Waals surface area contributed by atoms with E-state index in [0.717, 1.165) is 35.9 Å². The van der Waals surface area contributed by atoms with Crippen LogP contribution in [0.15, 0.2) is 41.3 Å². The summed E-state index contributed by atoms with van der Waals surface area (Å²) in [5, 5.41) is 9.93. The molecule has 128 valence electrons. The summed E-state index contributed by atoms with van der Waals surface area (Å²) in [6.45, 7) is 0.393. The van der Waals surface area contributed by atoms with Gasteiger partial charge in [0, 0.05) is 13.0 Å². The fourth-order valence-corrected chi connectivity index (χ4v) is 3.76. The molecule has 0 fully saturated rings. The Kier molecular flexibility index (Phi) is 4.78. The number of aliphatic hydroxyl groups excluding tert-OH is 1. The summed E-state index contributed by atoms with van der Waals surface area (Å²) in [7, 11) is -3.90. The number of ether oxygens (including phenoxy) is 1. The van der Waals surface area contributed by atoms with Gasteiger partial charge in [-0.25, -0.2) is 17.5 Å². The van der Waals surface area contributed by atoms with E-state index in [2.05, 4.69) is 4.72 Å². The summed E-state index contributed by atoms with van der Waals surface area (Å²) in [6.07, 6.45) is -0.253. The number of sulfonamides is 1. The summed E-state index contributed by atoms with van der Waals surface area (Å²) in [4.78, 5) is -0.163. The molecule has 1 aliphatic rings. The van der Waals surface area contributed by atoms with Crippen molar-refractivity contribution in [3.05, 3.63) is 58.4 Å². The number of hydrogen-bond donors (Lipinski definition) is 2. The van der Waals surface area contributed by atoms with Gasteiger partial charge < -0.3 is 9.84 Å². The molecule has 5 nitrogen and oxygen atoms in total. The molecule has 24 heavy (non-hydrogen) atoms. The maximum atomic E-state index is 13.1. The zero-order chi connectivity index (χ0) is 17.3. The Morgan fingerprint density at radius 1 is 1.29 bits per heavy atom. The molecule has 1 aliphatic heterocycles. The Bertz CT molecular complexity index is 872. The topological polar surface area (TPSA) is 75.6 Å². The van der Waals surface area contributed by atoms with Crippen molar-refractivity contribution in [2.75, 3.05) is 13.2 Å². The first kappa shape index (κ1) is 17.2. The van der Waals surface area contributed by atoms with Crippen LogP contribution >= 0.6 is 11.6 Å². The molecular weight excluding hydrogens is 357 g/mol. The number of aliphatic hydroxyl groups is 1. The van der Waals surface area contributed by atoms with Gasteiger partial charge in [0.2, 0.25) is 10.0 Å². The highest BCUT2D eigenvalue weighted by Crippen LogP contribution is 2.28. The van der Waals surface area contributed by atoms with Crippen LogP contribution in [0.4, 0.5) is 4.39 Å². The monoisotopic (exact) mass is 371 g/mol. The third-order valence-corrected chi connectivity index (χ3v) is 5.48. The molecule has 2 aromatic rings. The molecule has 1 heterocycles. The maximum Gasteiger partial charge on any atom is 0.240 e. The highest BCUT2D eigenvalue weighted by molar-refractivity contribution is 7.89. The Hall–Kier alpha value is -1.67. The molecule has 0 saturated carbocycles. The van der Waals surface area contributed by atoms with Crippen LogP contribution in [0, 0.1) is 5.82 Å². The molecule has 0 saturated heterocycles. The van der Waals surface area contributed by atoms with Crippen LogP contribution in [0.5, 0.6) is 5.75 Å². The Morgan fingerprint density at radius 2 is 2.08 bits per heavy atom. The number of hydrogen-bond acceptors (Lipinski definition) is 4. The van der Waals surface area contributed by atoms with E-state index in [9.17, 15) is 17.9 Å². The third kappa shape index (κ3) is 3.54. The van der Waals surface area contributed by atoms with Gasteiger partial charge in [-0.05, 0) is 41.5 Å². The predicted octanol–water partition coefficient (Wildman–Crippen LogP) is 2.43. The van der Waals surface area contributed by atoms with Crippen LogP contribution in [-0.4, -0.2) is 26.7 Å². The second kappa shape index (κ2) is 6.68. The summed E-state index contributed by atoms with van der Waals surface area (Å²) in [5.74, 6) is 0.0866. The van der Waals surface area contributed by atoms with Gasteiger partial charge in [-0.1, -0.05) is 17.7 Å². The molecule has 1 atom stereocenters. The molecule has 0 unspecified atom stereocenters. The molecule has 0 bridgehead atoms. The number of benzene rings is 2. The minimum absolute atomic E-state index is 0.163. The summed E-state index contributed by atoms with van der Waals surface area (Å²) in [5.41, 5.74) is 1.58. The van der Waals surface area contributed by atoms with Gasteiger partial charge in [-0.15, -0.1) is 0 Å². The average molecular weight is 372 g/mol. The lowest BCUT2D eigenvalue weighted by Gasteiger charge is -2.14. The van der Waals surface area contributed by atoms with E-state index >= 15 is 0 Å². The molecule has 0 radical (unpaired) electrons. The molecule has 0 spiro atoms. The zero-order valence-electron chi connectivity index (χ0n) is 12.5. The highest BCUT2D eigenvalue weighted by Gasteiger charge is 2.20. The van der Waals surface area contributed by atoms with Gasteiger partial charge in [0.05, 0.1) is 22.6 Å². The zero-order valence-corrected chi connectivity index (χ0v) is 14.1. The highest BCUT2D eigenvalue weighted by atomic mass is 35.5. The molecular formula is C16H15ClFNO4S. The molecule has 0 aromatic heterocycles. The van der Waals surface area contributed by atoms with E-state index < -0.39 is 21.9 Å². The van der Waals surface area contributed by atoms with E-state index in [1.165, 1.54) is 0 Å². The predicted molar refractivity (Wildman–Crippen MR) is 87.2 cm³/mol. The first-order chi connectivity index (χ1) is 11.4. The first-order valence-corrected chi connectivity index (χ1v) is 9.11. The van der Waals surface area contributed by atoms with E-state index in [-0.39, 0.29) is 16.5 Å². The van der Waals surface area contributed by atoms with Gasteiger partial charge in [-0.2, -0.15) is 0 Å². The average Bonchev–Trinajstić information content (AvgIpc) is 3.02. The van der Waals surface area contributed by atoms with Gasteiger partial charge in [0.1, 0.15) is 11.6 Å². The fraction of sp³-hybridized carbons (Fsp3) is 0.250. The number of rotatable bonds is 5. The van der Waals surface area contributed by atoms with Crippen LogP contribution in [0.3, 0.4) is 0 Å². The van der Waals surface area contributed by atoms with Crippen LogP contribution < -0.4 is 9.46 Å². The quantitative estimate of drug-likeness (QED) is 0.846. The number of fused-ring (bicyclic) bond motifs is 1.